The average molecular weight is 1000 g/mol. The number of carbonyl (C=O) groups excluding carboxylic acids is 3. The molecule has 0 fully saturated rings. The van der Waals surface area contributed by atoms with Crippen molar-refractivity contribution in [2.45, 2.75) is 226 Å². The fourth-order valence-electron chi connectivity index (χ4n) is 6.93. The van der Waals surface area contributed by atoms with Gasteiger partial charge in [0, 0.05) is 19.3 Å². The number of aliphatic hydroxyl groups excluding tert-OH is 1. The van der Waals surface area contributed by atoms with Crippen LogP contribution in [-0.2, 0) is 42.2 Å². The zero-order valence-electron chi connectivity index (χ0n) is 43.9. The third kappa shape index (κ3) is 49.4. The van der Waals surface area contributed by atoms with Crippen molar-refractivity contribution in [3.63, 3.8) is 0 Å². The van der Waals surface area contributed by atoms with Crippen LogP contribution in [0.5, 0.6) is 0 Å². The van der Waals surface area contributed by atoms with Crippen LogP contribution in [0.3, 0.4) is 0 Å². The van der Waals surface area contributed by atoms with Gasteiger partial charge in [-0.2, -0.15) is 0 Å². The molecular formula is C58H97O11P. The molecule has 0 amide bonds. The molecule has 0 saturated carbocycles. The summed E-state index contributed by atoms with van der Waals surface area (Å²) in [6, 6.07) is 0. The number of hydrogen-bond donors (Lipinski definition) is 2. The van der Waals surface area contributed by atoms with Gasteiger partial charge in [-0.3, -0.25) is 23.4 Å². The molecule has 0 rings (SSSR count). The first-order valence-corrected chi connectivity index (χ1v) is 28.6. The molecule has 0 aromatic heterocycles. The first-order valence-electron chi connectivity index (χ1n) is 27.1. The Morgan fingerprint density at radius 2 is 0.757 bits per heavy atom. The van der Waals surface area contributed by atoms with E-state index in [1.807, 2.05) is 6.08 Å². The monoisotopic (exact) mass is 1000 g/mol. The van der Waals surface area contributed by atoms with Crippen LogP contribution < -0.4 is 0 Å². The van der Waals surface area contributed by atoms with Crippen molar-refractivity contribution in [2.75, 3.05) is 26.4 Å². The van der Waals surface area contributed by atoms with Gasteiger partial charge in [0.2, 0.25) is 0 Å². The number of aliphatic hydroxyl groups is 1. The SMILES string of the molecule is CC/C=C\C/C=C\C/C=C\C/C=C\C/C=C\CCCC(=O)OCC(COP(=O)(O)OCC(CO)OC(=O)CCCCCCCCCCCCCCC)OC(=O)CCCCC/C=C\C/C=C\C/C=C\CC. The summed E-state index contributed by atoms with van der Waals surface area (Å²) < 4.78 is 39.3. The zero-order valence-corrected chi connectivity index (χ0v) is 44.8. The summed E-state index contributed by atoms with van der Waals surface area (Å²) in [5.74, 6) is -1.58. The van der Waals surface area contributed by atoms with Gasteiger partial charge in [-0.1, -0.05) is 201 Å². The van der Waals surface area contributed by atoms with Crippen LogP contribution in [0.4, 0.5) is 0 Å². The van der Waals surface area contributed by atoms with Crippen molar-refractivity contribution in [2.24, 2.45) is 0 Å². The van der Waals surface area contributed by atoms with Crippen LogP contribution in [-0.4, -0.2) is 66.5 Å². The lowest BCUT2D eigenvalue weighted by Gasteiger charge is -2.21. The quantitative estimate of drug-likeness (QED) is 0.0197. The summed E-state index contributed by atoms with van der Waals surface area (Å²) in [6.07, 6.45) is 59.5. The predicted molar refractivity (Wildman–Crippen MR) is 288 cm³/mol. The highest BCUT2D eigenvalue weighted by Crippen LogP contribution is 2.43. The van der Waals surface area contributed by atoms with E-state index in [0.29, 0.717) is 25.7 Å². The lowest BCUT2D eigenvalue weighted by Crippen LogP contribution is -2.30. The molecule has 0 aliphatic rings. The molecule has 0 spiro atoms. The molecule has 0 aromatic carbocycles. The van der Waals surface area contributed by atoms with Gasteiger partial charge in [0.05, 0.1) is 19.8 Å². The van der Waals surface area contributed by atoms with Crippen molar-refractivity contribution in [1.82, 2.24) is 0 Å². The van der Waals surface area contributed by atoms with E-state index >= 15 is 0 Å². The Hall–Kier alpha value is -3.60. The second-order valence-corrected chi connectivity index (χ2v) is 19.1. The second-order valence-electron chi connectivity index (χ2n) is 17.6. The number of ether oxygens (including phenoxy) is 3. The van der Waals surface area contributed by atoms with Crippen LogP contribution in [0.2, 0.25) is 0 Å². The number of esters is 3. The van der Waals surface area contributed by atoms with E-state index in [1.54, 1.807) is 0 Å². The summed E-state index contributed by atoms with van der Waals surface area (Å²) in [6.45, 7) is 4.30. The van der Waals surface area contributed by atoms with Crippen LogP contribution in [0.1, 0.15) is 213 Å². The molecule has 0 heterocycles. The van der Waals surface area contributed by atoms with Gasteiger partial charge in [-0.15, -0.1) is 0 Å². The van der Waals surface area contributed by atoms with Crippen LogP contribution in [0.15, 0.2) is 97.2 Å². The van der Waals surface area contributed by atoms with Crippen molar-refractivity contribution in [3.05, 3.63) is 97.2 Å². The Labute approximate surface area is 425 Å². The smallest absolute Gasteiger partial charge is 0.462 e. The molecule has 0 saturated heterocycles. The summed E-state index contributed by atoms with van der Waals surface area (Å²) in [5, 5.41) is 9.79. The Morgan fingerprint density at radius 1 is 0.414 bits per heavy atom. The second kappa shape index (κ2) is 51.7. The van der Waals surface area contributed by atoms with E-state index in [-0.39, 0.29) is 25.9 Å². The Bertz CT molecular complexity index is 1540. The van der Waals surface area contributed by atoms with Gasteiger partial charge in [0.1, 0.15) is 12.7 Å². The van der Waals surface area contributed by atoms with E-state index in [2.05, 4.69) is 112 Å². The van der Waals surface area contributed by atoms with E-state index in [1.165, 1.54) is 57.8 Å². The van der Waals surface area contributed by atoms with E-state index < -0.39 is 57.8 Å². The molecule has 11 nitrogen and oxygen atoms in total. The third-order valence-corrected chi connectivity index (χ3v) is 12.0. The Kier molecular flexibility index (Phi) is 49.1. The van der Waals surface area contributed by atoms with Gasteiger partial charge in [-0.25, -0.2) is 4.57 Å². The highest BCUT2D eigenvalue weighted by atomic mass is 31.2. The van der Waals surface area contributed by atoms with Crippen molar-refractivity contribution in [1.29, 1.82) is 0 Å². The molecule has 0 radical (unpaired) electrons. The normalized spacial score (nSPS) is 14.2. The zero-order chi connectivity index (χ0) is 51.3. The first kappa shape index (κ1) is 66.4. The number of hydrogen-bond acceptors (Lipinski definition) is 10. The molecule has 0 aliphatic carbocycles. The van der Waals surface area contributed by atoms with Gasteiger partial charge in [0.15, 0.2) is 6.10 Å². The fraction of sp³-hybridized carbons (Fsp3) is 0.672. The lowest BCUT2D eigenvalue weighted by atomic mass is 10.0. The van der Waals surface area contributed by atoms with Gasteiger partial charge in [0.25, 0.3) is 0 Å². The third-order valence-electron chi connectivity index (χ3n) is 11.0. The number of carbonyl (C=O) groups is 3. The number of allylic oxidation sites excluding steroid dienone is 16. The molecule has 0 aliphatic heterocycles. The minimum Gasteiger partial charge on any atom is -0.462 e. The summed E-state index contributed by atoms with van der Waals surface area (Å²) in [4.78, 5) is 48.4. The summed E-state index contributed by atoms with van der Waals surface area (Å²) in [5.41, 5.74) is 0. The summed E-state index contributed by atoms with van der Waals surface area (Å²) >= 11 is 0. The van der Waals surface area contributed by atoms with E-state index in [0.717, 1.165) is 89.9 Å². The molecule has 2 N–H and O–H groups in total. The fourth-order valence-corrected chi connectivity index (χ4v) is 7.72. The predicted octanol–water partition coefficient (Wildman–Crippen LogP) is 15.7. The largest absolute Gasteiger partial charge is 0.472 e. The number of unbranched alkanes of at least 4 members (excludes halogenated alkanes) is 16. The van der Waals surface area contributed by atoms with Crippen molar-refractivity contribution < 1.29 is 52.2 Å². The number of phosphoric acid groups is 1. The topological polar surface area (TPSA) is 155 Å². The molecular weight excluding hydrogens is 904 g/mol. The minimum atomic E-state index is -4.77. The van der Waals surface area contributed by atoms with Crippen LogP contribution in [0.25, 0.3) is 0 Å². The lowest BCUT2D eigenvalue weighted by molar-refractivity contribution is -0.161. The van der Waals surface area contributed by atoms with Crippen molar-refractivity contribution >= 4 is 25.7 Å². The van der Waals surface area contributed by atoms with Crippen LogP contribution in [0, 0.1) is 0 Å². The van der Waals surface area contributed by atoms with Gasteiger partial charge >= 0.3 is 25.7 Å². The number of phosphoric ester groups is 1. The molecule has 0 bridgehead atoms. The Morgan fingerprint density at radius 3 is 1.19 bits per heavy atom. The maximum absolute atomic E-state index is 12.9. The maximum atomic E-state index is 12.9. The van der Waals surface area contributed by atoms with Crippen molar-refractivity contribution in [3.8, 4) is 0 Å². The minimum absolute atomic E-state index is 0.117. The summed E-state index contributed by atoms with van der Waals surface area (Å²) in [7, 11) is -4.77. The van der Waals surface area contributed by atoms with Gasteiger partial charge < -0.3 is 24.2 Å². The molecule has 3 atom stereocenters. The maximum Gasteiger partial charge on any atom is 0.472 e. The number of rotatable bonds is 49. The first-order chi connectivity index (χ1) is 34.2. The average Bonchev–Trinajstić information content (AvgIpc) is 3.35. The Balaban J connectivity index is 4.84. The van der Waals surface area contributed by atoms with Crippen LogP contribution >= 0.6 is 7.82 Å². The molecule has 70 heavy (non-hydrogen) atoms. The standard InChI is InChI=1S/C58H97O11P/c1-4-7-10-13-16-19-22-25-26-27-28-31-32-35-38-41-44-47-56(60)65-51-55(69-58(62)49-46-43-40-37-34-30-24-21-18-15-12-9-6-3)53-67-70(63,64)66-52-54(50-59)68-57(61)48-45-42-39-36-33-29-23-20-17-14-11-8-5-2/h7,9-10,12,16,18-19,21,25-26,28,30-31,34-35,38,54-55,59H,4-6,8,11,13-15,17,20,22-24,27,29,32-33,36-37,39-53H2,1-3H3,(H,63,64)/b10-7-,12-9-,19-16-,21-18-,26-25-,31-28-,34-30-,38-35-. The van der Waals surface area contributed by atoms with E-state index in [9.17, 15) is 28.9 Å². The molecule has 0 aromatic rings. The highest BCUT2D eigenvalue weighted by molar-refractivity contribution is 7.47. The highest BCUT2D eigenvalue weighted by Gasteiger charge is 2.28. The molecule has 3 unspecified atom stereocenters. The van der Waals surface area contributed by atoms with Gasteiger partial charge in [-0.05, 0) is 89.9 Å². The molecule has 12 heteroatoms. The van der Waals surface area contributed by atoms with E-state index in [4.69, 9.17) is 23.3 Å². The molecule has 400 valence electrons.